The van der Waals surface area contributed by atoms with Gasteiger partial charge in [-0.3, -0.25) is 4.79 Å². The number of aliphatic imine (C=N–C) groups is 1. The molecule has 3 aliphatic rings. The van der Waals surface area contributed by atoms with Crippen molar-refractivity contribution in [3.8, 4) is 12.1 Å². The van der Waals surface area contributed by atoms with E-state index < -0.39 is 5.54 Å². The molecule has 0 amide bonds. The normalized spacial score (nSPS) is 18.4. The average molecular weight is 454 g/mol. The van der Waals surface area contributed by atoms with Crippen molar-refractivity contribution in [1.29, 1.82) is 10.5 Å². The van der Waals surface area contributed by atoms with Crippen LogP contribution in [0.5, 0.6) is 0 Å². The quantitative estimate of drug-likeness (QED) is 0.627. The molecule has 0 saturated heterocycles. The van der Waals surface area contributed by atoms with Gasteiger partial charge < -0.3 is 0 Å². The molecule has 2 aliphatic heterocycles. The Morgan fingerprint density at radius 1 is 1.14 bits per heavy atom. The third-order valence-electron chi connectivity index (χ3n) is 4.33. The summed E-state index contributed by atoms with van der Waals surface area (Å²) in [6.45, 7) is 1.87. The predicted octanol–water partition coefficient (Wildman–Crippen LogP) is 3.67. The number of amidine groups is 1. The van der Waals surface area contributed by atoms with Crippen LogP contribution in [0.2, 0.25) is 0 Å². The molecule has 29 heavy (non-hydrogen) atoms. The number of nitrogens with zero attached hydrogens (tertiary/aromatic N) is 7. The minimum atomic E-state index is -1.86. The first-order valence-corrected chi connectivity index (χ1v) is 11.9. The molecule has 0 radical (unpaired) electrons. The number of thioether (sulfide) groups is 1. The summed E-state index contributed by atoms with van der Waals surface area (Å²) in [6.07, 6.45) is 0. The van der Waals surface area contributed by atoms with E-state index in [2.05, 4.69) is 20.3 Å². The lowest BCUT2D eigenvalue weighted by molar-refractivity contribution is 0.102. The van der Waals surface area contributed by atoms with E-state index in [0.29, 0.717) is 26.4 Å². The summed E-state index contributed by atoms with van der Waals surface area (Å²) in [4.78, 5) is 17.6. The molecule has 5 rings (SSSR count). The highest BCUT2D eigenvalue weighted by Gasteiger charge is 2.56. The molecule has 0 atom stereocenters. The Morgan fingerprint density at radius 2 is 1.90 bits per heavy atom. The van der Waals surface area contributed by atoms with Crippen molar-refractivity contribution in [2.24, 2.45) is 10.1 Å². The van der Waals surface area contributed by atoms with Gasteiger partial charge in [-0.05, 0) is 40.3 Å². The molecule has 0 saturated carbocycles. The van der Waals surface area contributed by atoms with Crippen LogP contribution in [0.1, 0.15) is 20.9 Å². The fraction of sp³-hybridized carbons (Fsp3) is 0.118. The second-order valence-electron chi connectivity index (χ2n) is 5.96. The maximum atomic E-state index is 13.0. The van der Waals surface area contributed by atoms with Crippen LogP contribution in [-0.4, -0.2) is 36.1 Å². The Morgan fingerprint density at radius 3 is 2.59 bits per heavy atom. The molecule has 3 heterocycles. The highest BCUT2D eigenvalue weighted by Crippen LogP contribution is 2.49. The molecule has 1 aliphatic carbocycles. The number of fused-ring (bicyclic) bond motifs is 3. The monoisotopic (exact) mass is 453 g/mol. The zero-order valence-electron chi connectivity index (χ0n) is 14.5. The van der Waals surface area contributed by atoms with Crippen molar-refractivity contribution in [3.63, 3.8) is 0 Å². The predicted molar refractivity (Wildman–Crippen MR) is 114 cm³/mol. The fourth-order valence-corrected chi connectivity index (χ4v) is 7.26. The van der Waals surface area contributed by atoms with E-state index in [-0.39, 0.29) is 11.4 Å². The Hall–Kier alpha value is -2.64. The van der Waals surface area contributed by atoms with Gasteiger partial charge in [0.1, 0.15) is 17.1 Å². The number of hydrogen-bond donors (Lipinski definition) is 0. The number of carbonyl (C=O) groups is 1. The number of benzene rings is 1. The average Bonchev–Trinajstić information content (AvgIpc) is 3.42. The molecule has 1 aromatic carbocycles. The minimum absolute atomic E-state index is 0.0652. The molecule has 0 bridgehead atoms. The van der Waals surface area contributed by atoms with Crippen molar-refractivity contribution in [2.75, 3.05) is 0 Å². The van der Waals surface area contributed by atoms with Crippen LogP contribution in [0.3, 0.4) is 0 Å². The summed E-state index contributed by atoms with van der Waals surface area (Å²) < 4.78 is 1.37. The third-order valence-corrected chi connectivity index (χ3v) is 9.03. The number of hydrogen-bond acceptors (Lipinski definition) is 12. The molecule has 0 fully saturated rings. The van der Waals surface area contributed by atoms with E-state index in [0.717, 1.165) is 9.35 Å². The van der Waals surface area contributed by atoms with Crippen molar-refractivity contribution in [2.45, 2.75) is 16.8 Å². The summed E-state index contributed by atoms with van der Waals surface area (Å²) >= 11 is 2.72. The molecule has 0 spiro atoms. The number of aryl methyl sites for hydroxylation is 1. The summed E-state index contributed by atoms with van der Waals surface area (Å²) in [5.74, 6) is -0.360. The van der Waals surface area contributed by atoms with Gasteiger partial charge in [-0.25, -0.2) is 10.0 Å². The van der Waals surface area contributed by atoms with Crippen LogP contribution in [-0.2, 0) is 0 Å². The van der Waals surface area contributed by atoms with Gasteiger partial charge in [0.05, 0.1) is 11.3 Å². The number of rotatable bonds is 2. The molecular weight excluding hydrogens is 447 g/mol. The molecule has 0 N–H and O–H groups in total. The van der Waals surface area contributed by atoms with Gasteiger partial charge in [-0.15, -0.1) is 10.2 Å². The number of ketones is 1. The van der Waals surface area contributed by atoms with Crippen molar-refractivity contribution in [3.05, 3.63) is 46.0 Å². The lowest BCUT2D eigenvalue weighted by atomic mass is 9.88. The van der Waals surface area contributed by atoms with E-state index in [1.165, 1.54) is 49.7 Å². The van der Waals surface area contributed by atoms with Gasteiger partial charge in [0, 0.05) is 11.1 Å². The SMILES string of the molecule is Cc1nnc(SSC2=NN3C(=NC4=C(C(=O)c5ccccc54)C3(C#N)C#N)S2)s1. The van der Waals surface area contributed by atoms with E-state index in [9.17, 15) is 15.3 Å². The van der Waals surface area contributed by atoms with E-state index in [1.807, 2.05) is 19.1 Å². The zero-order valence-corrected chi connectivity index (χ0v) is 17.7. The lowest BCUT2D eigenvalue weighted by Crippen LogP contribution is -2.49. The second kappa shape index (κ2) is 6.71. The molecule has 0 unspecified atom stereocenters. The van der Waals surface area contributed by atoms with Crippen LogP contribution in [0.4, 0.5) is 0 Å². The molecule has 12 heteroatoms. The number of nitriles is 2. The number of Topliss-reactive ketones (excluding diaryl/α,β-unsaturated/α-hetero) is 1. The summed E-state index contributed by atoms with van der Waals surface area (Å²) in [6, 6.07) is 11.0. The van der Waals surface area contributed by atoms with Crippen LogP contribution >= 0.6 is 44.7 Å². The highest BCUT2D eigenvalue weighted by atomic mass is 33.1. The molecular formula is C17H7N7OS4. The number of hydrazone groups is 1. The largest absolute Gasteiger partial charge is 0.289 e. The maximum absolute atomic E-state index is 13.0. The smallest absolute Gasteiger partial charge is 0.267 e. The Bertz CT molecular complexity index is 1250. The number of aromatic nitrogens is 2. The molecule has 2 aromatic rings. The Balaban J connectivity index is 1.54. The van der Waals surface area contributed by atoms with E-state index in [1.54, 1.807) is 24.3 Å². The molecule has 1 aromatic heterocycles. The van der Waals surface area contributed by atoms with Crippen LogP contribution in [0, 0.1) is 29.6 Å². The van der Waals surface area contributed by atoms with Gasteiger partial charge >= 0.3 is 0 Å². The second-order valence-corrected chi connectivity index (χ2v) is 10.7. The summed E-state index contributed by atoms with van der Waals surface area (Å²) in [5, 5.41) is 34.9. The van der Waals surface area contributed by atoms with Crippen LogP contribution < -0.4 is 0 Å². The standard InChI is InChI=1S/C17H7N7OS4/c1-8-21-22-15(26-8)28-29-16-23-24-14(27-16)20-12-9-4-2-3-5-10(9)13(25)11(12)17(24,6-18)7-19/h2-5H,1H3. The zero-order chi connectivity index (χ0) is 20.2. The van der Waals surface area contributed by atoms with E-state index in [4.69, 9.17) is 0 Å². The molecule has 8 nitrogen and oxygen atoms in total. The summed E-state index contributed by atoms with van der Waals surface area (Å²) in [5.41, 5.74) is -0.336. The van der Waals surface area contributed by atoms with Crippen LogP contribution in [0.15, 0.2) is 44.3 Å². The molecule has 140 valence electrons. The Labute approximate surface area is 180 Å². The van der Waals surface area contributed by atoms with Gasteiger partial charge in [0.15, 0.2) is 19.7 Å². The first kappa shape index (κ1) is 18.4. The Kier molecular flexibility index (Phi) is 4.26. The first-order valence-electron chi connectivity index (χ1n) is 8.09. The van der Waals surface area contributed by atoms with Crippen molar-refractivity contribution in [1.82, 2.24) is 15.2 Å². The summed E-state index contributed by atoms with van der Waals surface area (Å²) in [7, 11) is 2.74. The topological polar surface area (TPSA) is 118 Å². The first-order chi connectivity index (χ1) is 14.1. The minimum Gasteiger partial charge on any atom is -0.289 e. The highest BCUT2D eigenvalue weighted by molar-refractivity contribution is 8.87. The van der Waals surface area contributed by atoms with Crippen molar-refractivity contribution < 1.29 is 4.79 Å². The van der Waals surface area contributed by atoms with Gasteiger partial charge in [-0.1, -0.05) is 35.6 Å². The van der Waals surface area contributed by atoms with E-state index >= 15 is 0 Å². The van der Waals surface area contributed by atoms with Crippen LogP contribution in [0.25, 0.3) is 5.70 Å². The van der Waals surface area contributed by atoms with Gasteiger partial charge in [-0.2, -0.15) is 15.6 Å². The third kappa shape index (κ3) is 2.64. The maximum Gasteiger partial charge on any atom is 0.267 e. The van der Waals surface area contributed by atoms with Gasteiger partial charge in [0.2, 0.25) is 0 Å². The lowest BCUT2D eigenvalue weighted by Gasteiger charge is -2.31. The van der Waals surface area contributed by atoms with Crippen molar-refractivity contribution >= 4 is 65.7 Å². The number of carbonyl (C=O) groups excluding carboxylic acids is 1. The van der Waals surface area contributed by atoms with Gasteiger partial charge in [0.25, 0.3) is 5.54 Å². The fourth-order valence-electron chi connectivity index (χ4n) is 3.12.